The molecule has 1 aliphatic rings. The van der Waals surface area contributed by atoms with E-state index >= 15 is 0 Å². The van der Waals surface area contributed by atoms with Crippen LogP contribution in [0, 0.1) is 0 Å². The summed E-state index contributed by atoms with van der Waals surface area (Å²) in [6.07, 6.45) is 1.48. The van der Waals surface area contributed by atoms with Crippen molar-refractivity contribution in [3.05, 3.63) is 71.8 Å². The first kappa shape index (κ1) is 19.2. The molecule has 4 rings (SSSR count). The fourth-order valence-corrected chi connectivity index (χ4v) is 3.44. The first-order valence-electron chi connectivity index (χ1n) is 9.15. The summed E-state index contributed by atoms with van der Waals surface area (Å²) in [7, 11) is 3.02. The summed E-state index contributed by atoms with van der Waals surface area (Å²) in [5, 5.41) is 3.88. The van der Waals surface area contributed by atoms with Gasteiger partial charge in [0.2, 0.25) is 0 Å². The zero-order valence-electron chi connectivity index (χ0n) is 16.3. The maximum Gasteiger partial charge on any atom is 0.336 e. The molecular weight excluding hydrogens is 384 g/mol. The fraction of sp³-hybridized carbons (Fsp3) is 0.0870. The van der Waals surface area contributed by atoms with Crippen molar-refractivity contribution in [2.24, 2.45) is 0 Å². The largest absolute Gasteiger partial charge is 0.496 e. The molecule has 0 atom stereocenters. The quantitative estimate of drug-likeness (QED) is 0.533. The molecule has 7 heteroatoms. The van der Waals surface area contributed by atoms with E-state index < -0.39 is 17.8 Å². The van der Waals surface area contributed by atoms with E-state index in [9.17, 15) is 14.4 Å². The molecule has 0 spiro atoms. The molecule has 3 aromatic rings. The van der Waals surface area contributed by atoms with E-state index in [1.165, 1.54) is 13.2 Å². The fourth-order valence-electron chi connectivity index (χ4n) is 3.44. The molecule has 1 fully saturated rings. The van der Waals surface area contributed by atoms with E-state index in [0.29, 0.717) is 17.1 Å². The lowest BCUT2D eigenvalue weighted by Crippen LogP contribution is -2.54. The highest BCUT2D eigenvalue weighted by Crippen LogP contribution is 2.33. The summed E-state index contributed by atoms with van der Waals surface area (Å²) < 4.78 is 10.7. The van der Waals surface area contributed by atoms with E-state index in [4.69, 9.17) is 9.47 Å². The van der Waals surface area contributed by atoms with Gasteiger partial charge in [0.15, 0.2) is 0 Å². The number of nitrogens with one attached hydrogen (secondary N) is 1. The number of imide groups is 2. The van der Waals surface area contributed by atoms with Gasteiger partial charge in [0, 0.05) is 5.39 Å². The topological polar surface area (TPSA) is 84.9 Å². The second-order valence-electron chi connectivity index (χ2n) is 6.53. The van der Waals surface area contributed by atoms with Gasteiger partial charge in [0.05, 0.1) is 19.9 Å². The minimum atomic E-state index is -0.828. The number of para-hydroxylation sites is 2. The van der Waals surface area contributed by atoms with Gasteiger partial charge in [-0.3, -0.25) is 14.9 Å². The highest BCUT2D eigenvalue weighted by molar-refractivity contribution is 6.39. The van der Waals surface area contributed by atoms with Gasteiger partial charge in [0.1, 0.15) is 17.1 Å². The Morgan fingerprint density at radius 3 is 2.20 bits per heavy atom. The van der Waals surface area contributed by atoms with Crippen LogP contribution in [0.5, 0.6) is 11.5 Å². The Hall–Kier alpha value is -4.13. The molecule has 0 saturated carbocycles. The Labute approximate surface area is 172 Å². The summed E-state index contributed by atoms with van der Waals surface area (Å²) in [5.41, 5.74) is 0.746. The molecule has 0 aliphatic carbocycles. The van der Waals surface area contributed by atoms with Crippen molar-refractivity contribution in [2.45, 2.75) is 0 Å². The molecule has 1 heterocycles. The number of anilines is 1. The Morgan fingerprint density at radius 2 is 1.47 bits per heavy atom. The van der Waals surface area contributed by atoms with Crippen LogP contribution < -0.4 is 19.7 Å². The minimum absolute atomic E-state index is 0.157. The maximum atomic E-state index is 13.2. The summed E-state index contributed by atoms with van der Waals surface area (Å²) in [5.74, 6) is -0.466. The number of urea groups is 1. The smallest absolute Gasteiger partial charge is 0.336 e. The standard InChI is InChI=1S/C23H18N2O5/c1-29-19-12-11-14(15-7-3-4-8-16(15)19)13-17-21(26)24-23(28)25(22(17)27)18-9-5-6-10-20(18)30-2/h3-13H,1-2H3,(H,24,26,28)/b17-13-. The summed E-state index contributed by atoms with van der Waals surface area (Å²) >= 11 is 0. The van der Waals surface area contributed by atoms with Crippen molar-refractivity contribution in [1.29, 1.82) is 0 Å². The lowest BCUT2D eigenvalue weighted by molar-refractivity contribution is -0.122. The molecular formula is C23H18N2O5. The molecule has 4 amide bonds. The third-order valence-electron chi connectivity index (χ3n) is 4.87. The van der Waals surface area contributed by atoms with Crippen LogP contribution in [-0.2, 0) is 9.59 Å². The van der Waals surface area contributed by atoms with Gasteiger partial charge in [-0.05, 0) is 35.2 Å². The summed E-state index contributed by atoms with van der Waals surface area (Å²) in [4.78, 5) is 39.0. The molecule has 1 N–H and O–H groups in total. The van der Waals surface area contributed by atoms with Gasteiger partial charge >= 0.3 is 6.03 Å². The first-order valence-corrected chi connectivity index (χ1v) is 9.15. The van der Waals surface area contributed by atoms with Crippen molar-refractivity contribution >= 4 is 40.4 Å². The highest BCUT2D eigenvalue weighted by atomic mass is 16.5. The Balaban J connectivity index is 1.84. The number of carbonyl (C=O) groups excluding carboxylic acids is 3. The maximum absolute atomic E-state index is 13.2. The van der Waals surface area contributed by atoms with Crippen molar-refractivity contribution in [3.63, 3.8) is 0 Å². The van der Waals surface area contributed by atoms with Crippen LogP contribution in [0.2, 0.25) is 0 Å². The SMILES string of the molecule is COc1ccccc1N1C(=O)NC(=O)/C(=C/c2ccc(OC)c3ccccc23)C1=O. The number of methoxy groups -OCH3 is 2. The Morgan fingerprint density at radius 1 is 0.800 bits per heavy atom. The molecule has 0 aromatic heterocycles. The van der Waals surface area contributed by atoms with Crippen LogP contribution in [0.25, 0.3) is 16.8 Å². The molecule has 1 aliphatic heterocycles. The van der Waals surface area contributed by atoms with Crippen LogP contribution in [0.15, 0.2) is 66.2 Å². The van der Waals surface area contributed by atoms with E-state index in [1.807, 2.05) is 24.3 Å². The average molecular weight is 402 g/mol. The second kappa shape index (κ2) is 7.71. The second-order valence-corrected chi connectivity index (χ2v) is 6.53. The van der Waals surface area contributed by atoms with Gasteiger partial charge in [-0.15, -0.1) is 0 Å². The zero-order valence-corrected chi connectivity index (χ0v) is 16.3. The van der Waals surface area contributed by atoms with Crippen LogP contribution >= 0.6 is 0 Å². The van der Waals surface area contributed by atoms with Crippen molar-refractivity contribution < 1.29 is 23.9 Å². The summed E-state index contributed by atoms with van der Waals surface area (Å²) in [6.45, 7) is 0. The molecule has 30 heavy (non-hydrogen) atoms. The molecule has 7 nitrogen and oxygen atoms in total. The zero-order chi connectivity index (χ0) is 21.3. The number of amides is 4. The number of fused-ring (bicyclic) bond motifs is 1. The van der Waals surface area contributed by atoms with E-state index in [1.54, 1.807) is 43.5 Å². The van der Waals surface area contributed by atoms with Gasteiger partial charge in [-0.25, -0.2) is 9.69 Å². The molecule has 150 valence electrons. The number of hydrogen-bond acceptors (Lipinski definition) is 5. The number of nitrogens with zero attached hydrogens (tertiary/aromatic N) is 1. The molecule has 0 unspecified atom stereocenters. The van der Waals surface area contributed by atoms with E-state index in [-0.39, 0.29) is 11.3 Å². The highest BCUT2D eigenvalue weighted by Gasteiger charge is 2.38. The third kappa shape index (κ3) is 3.16. The van der Waals surface area contributed by atoms with Crippen LogP contribution in [0.4, 0.5) is 10.5 Å². The number of ether oxygens (including phenoxy) is 2. The first-order chi connectivity index (χ1) is 14.5. The number of carbonyl (C=O) groups is 3. The number of benzene rings is 3. The molecule has 3 aromatic carbocycles. The van der Waals surface area contributed by atoms with Gasteiger partial charge < -0.3 is 9.47 Å². The van der Waals surface area contributed by atoms with Crippen LogP contribution in [0.3, 0.4) is 0 Å². The number of rotatable bonds is 4. The molecule has 0 radical (unpaired) electrons. The van der Waals surface area contributed by atoms with E-state index in [0.717, 1.165) is 15.7 Å². The lowest BCUT2D eigenvalue weighted by atomic mass is 10.00. The number of barbiturate groups is 1. The van der Waals surface area contributed by atoms with Crippen LogP contribution in [0.1, 0.15) is 5.56 Å². The van der Waals surface area contributed by atoms with Gasteiger partial charge in [-0.1, -0.05) is 42.5 Å². The van der Waals surface area contributed by atoms with E-state index in [2.05, 4.69) is 5.32 Å². The molecule has 1 saturated heterocycles. The Bertz CT molecular complexity index is 1220. The molecule has 0 bridgehead atoms. The average Bonchev–Trinajstić information content (AvgIpc) is 2.76. The predicted molar refractivity (Wildman–Crippen MR) is 112 cm³/mol. The summed E-state index contributed by atoms with van der Waals surface area (Å²) in [6, 6.07) is 16.8. The predicted octanol–water partition coefficient (Wildman–Crippen LogP) is 3.52. The van der Waals surface area contributed by atoms with Gasteiger partial charge in [-0.2, -0.15) is 0 Å². The lowest BCUT2D eigenvalue weighted by Gasteiger charge is -2.27. The minimum Gasteiger partial charge on any atom is -0.496 e. The number of hydrogen-bond donors (Lipinski definition) is 1. The normalized spacial score (nSPS) is 15.5. The van der Waals surface area contributed by atoms with Gasteiger partial charge in [0.25, 0.3) is 11.8 Å². The van der Waals surface area contributed by atoms with Crippen molar-refractivity contribution in [3.8, 4) is 11.5 Å². The van der Waals surface area contributed by atoms with Crippen molar-refractivity contribution in [2.75, 3.05) is 19.1 Å². The monoisotopic (exact) mass is 402 g/mol. The van der Waals surface area contributed by atoms with Crippen molar-refractivity contribution in [1.82, 2.24) is 5.32 Å². The Kier molecular flexibility index (Phi) is 4.93. The van der Waals surface area contributed by atoms with Crippen LogP contribution in [-0.4, -0.2) is 32.1 Å². The third-order valence-corrected chi connectivity index (χ3v) is 4.87.